The number of carbonyl (C=O) groups excluding carboxylic acids is 2. The molecule has 0 aromatic heterocycles. The summed E-state index contributed by atoms with van der Waals surface area (Å²) in [4.78, 5) is 27.9. The number of hydrogen-bond donors (Lipinski definition) is 1. The average molecular weight is 536 g/mol. The lowest BCUT2D eigenvalue weighted by Crippen LogP contribution is -2.29. The second kappa shape index (κ2) is 10.4. The molecule has 0 bridgehead atoms. The second-order valence-electron chi connectivity index (χ2n) is 8.52. The molecule has 1 atom stereocenters. The summed E-state index contributed by atoms with van der Waals surface area (Å²) in [5.74, 6) is -0.203. The number of hydrogen-bond acceptors (Lipinski definition) is 5. The number of methoxy groups -OCH3 is 1. The summed E-state index contributed by atoms with van der Waals surface area (Å²) >= 11 is 3.38. The first kappa shape index (κ1) is 24.5. The van der Waals surface area contributed by atoms with E-state index in [0.29, 0.717) is 22.6 Å². The summed E-state index contributed by atoms with van der Waals surface area (Å²) in [5.41, 5.74) is 2.05. The molecule has 0 radical (unpaired) electrons. The average Bonchev–Trinajstić information content (AvgIpc) is 3.09. The smallest absolute Gasteiger partial charge is 0.295 e. The molecule has 1 saturated heterocycles. The normalized spacial score (nSPS) is 17.2. The molecular formula is C28H26BrNO5. The minimum Gasteiger partial charge on any atom is -0.507 e. The van der Waals surface area contributed by atoms with E-state index in [2.05, 4.69) is 15.9 Å². The van der Waals surface area contributed by atoms with E-state index >= 15 is 0 Å². The van der Waals surface area contributed by atoms with Gasteiger partial charge in [-0.15, -0.1) is 0 Å². The summed E-state index contributed by atoms with van der Waals surface area (Å²) in [6, 6.07) is 20.8. The minimum absolute atomic E-state index is 0.0129. The third kappa shape index (κ3) is 5.25. The molecule has 1 heterocycles. The highest BCUT2D eigenvalue weighted by Crippen LogP contribution is 2.41. The summed E-state index contributed by atoms with van der Waals surface area (Å²) in [7, 11) is 1.59. The SMILES string of the molecule is COc1ccc(CN2C(=O)C(=O)/C(=C(\O)c3ccc(Br)cc3)C2c2ccc(OC(C)C)cc2)cc1. The Labute approximate surface area is 212 Å². The highest BCUT2D eigenvalue weighted by atomic mass is 79.9. The van der Waals surface area contributed by atoms with Gasteiger partial charge in [0.25, 0.3) is 11.7 Å². The van der Waals surface area contributed by atoms with E-state index in [0.717, 1.165) is 10.0 Å². The fourth-order valence-corrected chi connectivity index (χ4v) is 4.35. The van der Waals surface area contributed by atoms with Gasteiger partial charge in [-0.3, -0.25) is 9.59 Å². The number of ketones is 1. The molecule has 1 aliphatic rings. The van der Waals surface area contributed by atoms with E-state index in [9.17, 15) is 14.7 Å². The van der Waals surface area contributed by atoms with Gasteiger partial charge in [0.1, 0.15) is 17.3 Å². The monoisotopic (exact) mass is 535 g/mol. The summed E-state index contributed by atoms with van der Waals surface area (Å²) in [5, 5.41) is 11.2. The zero-order valence-corrected chi connectivity index (χ0v) is 21.3. The Hall–Kier alpha value is -3.58. The zero-order valence-electron chi connectivity index (χ0n) is 19.7. The van der Waals surface area contributed by atoms with Gasteiger partial charge in [0.15, 0.2) is 0 Å². The first-order valence-electron chi connectivity index (χ1n) is 11.2. The standard InChI is InChI=1S/C28H26BrNO5/c1-17(2)35-23-14-8-19(9-15-23)25-24(26(31)20-6-10-21(29)11-7-20)27(32)28(33)30(25)16-18-4-12-22(34-3)13-5-18/h4-15,17,25,31H,16H2,1-3H3/b26-24-. The summed E-state index contributed by atoms with van der Waals surface area (Å²) in [6.45, 7) is 4.08. The molecule has 3 aromatic carbocycles. The van der Waals surface area contributed by atoms with Crippen molar-refractivity contribution in [2.24, 2.45) is 0 Å². The van der Waals surface area contributed by atoms with Crippen LogP contribution in [-0.2, 0) is 16.1 Å². The number of carbonyl (C=O) groups is 2. The molecule has 1 N–H and O–H groups in total. The largest absolute Gasteiger partial charge is 0.507 e. The van der Waals surface area contributed by atoms with Gasteiger partial charge in [-0.2, -0.15) is 0 Å². The predicted octanol–water partition coefficient (Wildman–Crippen LogP) is 5.87. The molecule has 0 aliphatic carbocycles. The van der Waals surface area contributed by atoms with Gasteiger partial charge in [0, 0.05) is 16.6 Å². The number of ether oxygens (including phenoxy) is 2. The number of amides is 1. The maximum atomic E-state index is 13.2. The molecule has 180 valence electrons. The summed E-state index contributed by atoms with van der Waals surface area (Å²) < 4.78 is 11.8. The van der Waals surface area contributed by atoms with Crippen LogP contribution in [0.1, 0.15) is 36.6 Å². The van der Waals surface area contributed by atoms with E-state index in [1.165, 1.54) is 4.90 Å². The van der Waals surface area contributed by atoms with Crippen molar-refractivity contribution in [1.82, 2.24) is 4.90 Å². The van der Waals surface area contributed by atoms with Crippen LogP contribution in [0.4, 0.5) is 0 Å². The van der Waals surface area contributed by atoms with E-state index in [1.54, 1.807) is 43.5 Å². The van der Waals surface area contributed by atoms with Crippen molar-refractivity contribution in [2.75, 3.05) is 7.11 Å². The van der Waals surface area contributed by atoms with E-state index < -0.39 is 17.7 Å². The maximum Gasteiger partial charge on any atom is 0.295 e. The van der Waals surface area contributed by atoms with Gasteiger partial charge in [-0.05, 0) is 61.4 Å². The lowest BCUT2D eigenvalue weighted by Gasteiger charge is -2.26. The molecule has 4 rings (SSSR count). The van der Waals surface area contributed by atoms with E-state index in [4.69, 9.17) is 9.47 Å². The predicted molar refractivity (Wildman–Crippen MR) is 137 cm³/mol. The molecule has 3 aromatic rings. The highest BCUT2D eigenvalue weighted by Gasteiger charge is 2.46. The van der Waals surface area contributed by atoms with Crippen LogP contribution in [0.25, 0.3) is 5.76 Å². The van der Waals surface area contributed by atoms with Crippen LogP contribution >= 0.6 is 15.9 Å². The first-order chi connectivity index (χ1) is 16.8. The van der Waals surface area contributed by atoms with Crippen molar-refractivity contribution in [3.63, 3.8) is 0 Å². The fraction of sp³-hybridized carbons (Fsp3) is 0.214. The minimum atomic E-state index is -0.756. The van der Waals surface area contributed by atoms with Crippen molar-refractivity contribution in [3.05, 3.63) is 99.5 Å². The zero-order chi connectivity index (χ0) is 25.1. The third-order valence-corrected chi connectivity index (χ3v) is 6.27. The van der Waals surface area contributed by atoms with Crippen LogP contribution in [0.15, 0.2) is 82.8 Å². The highest BCUT2D eigenvalue weighted by molar-refractivity contribution is 9.10. The van der Waals surface area contributed by atoms with E-state index in [-0.39, 0.29) is 24.0 Å². The number of rotatable bonds is 7. The Morgan fingerprint density at radius 1 is 0.943 bits per heavy atom. The molecule has 1 fully saturated rings. The molecule has 6 nitrogen and oxygen atoms in total. The Morgan fingerprint density at radius 3 is 2.11 bits per heavy atom. The van der Waals surface area contributed by atoms with Crippen LogP contribution in [-0.4, -0.2) is 34.9 Å². The quantitative estimate of drug-likeness (QED) is 0.232. The van der Waals surface area contributed by atoms with Gasteiger partial charge in [0.05, 0.1) is 24.8 Å². The van der Waals surface area contributed by atoms with Crippen molar-refractivity contribution in [3.8, 4) is 11.5 Å². The molecule has 0 spiro atoms. The molecule has 35 heavy (non-hydrogen) atoms. The number of likely N-dealkylation sites (tertiary alicyclic amines) is 1. The number of aliphatic hydroxyl groups is 1. The molecule has 0 saturated carbocycles. The Bertz CT molecular complexity index is 1250. The lowest BCUT2D eigenvalue weighted by atomic mass is 9.95. The number of Topliss-reactive ketones (excluding diaryl/α,β-unsaturated/α-hetero) is 1. The van der Waals surface area contributed by atoms with Gasteiger partial charge in [-0.1, -0.05) is 52.3 Å². The molecular weight excluding hydrogens is 510 g/mol. The van der Waals surface area contributed by atoms with Crippen LogP contribution < -0.4 is 9.47 Å². The van der Waals surface area contributed by atoms with Gasteiger partial charge in [0.2, 0.25) is 0 Å². The van der Waals surface area contributed by atoms with Crippen LogP contribution in [0, 0.1) is 0 Å². The summed E-state index contributed by atoms with van der Waals surface area (Å²) in [6.07, 6.45) is 0.0129. The lowest BCUT2D eigenvalue weighted by molar-refractivity contribution is -0.140. The van der Waals surface area contributed by atoms with Gasteiger partial charge in [-0.25, -0.2) is 0 Å². The molecule has 1 aliphatic heterocycles. The molecule has 1 unspecified atom stereocenters. The topological polar surface area (TPSA) is 76.1 Å². The van der Waals surface area contributed by atoms with Crippen LogP contribution in [0.5, 0.6) is 11.5 Å². The maximum absolute atomic E-state index is 13.2. The van der Waals surface area contributed by atoms with Gasteiger partial charge >= 0.3 is 0 Å². The Balaban J connectivity index is 1.79. The Kier molecular flexibility index (Phi) is 7.26. The van der Waals surface area contributed by atoms with Crippen molar-refractivity contribution in [2.45, 2.75) is 32.5 Å². The molecule has 7 heteroatoms. The van der Waals surface area contributed by atoms with Gasteiger partial charge < -0.3 is 19.5 Å². The van der Waals surface area contributed by atoms with E-state index in [1.807, 2.05) is 50.2 Å². The molecule has 1 amide bonds. The number of aliphatic hydroxyl groups excluding tert-OH is 1. The second-order valence-corrected chi connectivity index (χ2v) is 9.43. The fourth-order valence-electron chi connectivity index (χ4n) is 4.08. The third-order valence-electron chi connectivity index (χ3n) is 5.74. The van der Waals surface area contributed by atoms with Crippen molar-refractivity contribution < 1.29 is 24.2 Å². The number of halogens is 1. The van der Waals surface area contributed by atoms with Crippen LogP contribution in [0.2, 0.25) is 0 Å². The van der Waals surface area contributed by atoms with Crippen molar-refractivity contribution >= 4 is 33.4 Å². The van der Waals surface area contributed by atoms with Crippen molar-refractivity contribution in [1.29, 1.82) is 0 Å². The van der Waals surface area contributed by atoms with Crippen LogP contribution in [0.3, 0.4) is 0 Å². The number of nitrogens with zero attached hydrogens (tertiary/aromatic N) is 1. The Morgan fingerprint density at radius 2 is 1.54 bits per heavy atom. The first-order valence-corrected chi connectivity index (χ1v) is 12.0. The number of benzene rings is 3.